The van der Waals surface area contributed by atoms with Crippen molar-refractivity contribution in [2.45, 2.75) is 77.0 Å². The van der Waals surface area contributed by atoms with Crippen LogP contribution >= 0.6 is 0 Å². The number of nitrogens with zero attached hydrogens (tertiary/aromatic N) is 2. The lowest BCUT2D eigenvalue weighted by Gasteiger charge is -2.17. The van der Waals surface area contributed by atoms with Crippen molar-refractivity contribution in [3.05, 3.63) is 241 Å². The topological polar surface area (TPSA) is 8.82 Å². The summed E-state index contributed by atoms with van der Waals surface area (Å²) in [6.45, 7) is 0. The van der Waals surface area contributed by atoms with Crippen LogP contribution in [0.3, 0.4) is 0 Å². The van der Waals surface area contributed by atoms with Crippen molar-refractivity contribution in [1.29, 1.82) is 0 Å². The standard InChI is InChI=1S/C74H60N2/c1(7-21-49-23-11-5-12-24-49)3-9-27-51-29-15-35-55(45-51)57-41-43-63-61(47-57)71-69-59-37-17-31-53-34-20-40-66(67(53)59)76-64-44-42-58(56-36-16-30-52(46-56)28-10-4-2-8-22-50-25-13-6-14-26-50)48-62(64)72(74(69)76)70-60-38-18-32-54-33-19-39-65(68(54)60)75(63)73(70)71/h5-6,11-20,23-26,29-48H,1-4,7-10,21-22,27-28H2. The van der Waals surface area contributed by atoms with Gasteiger partial charge in [0.15, 0.2) is 0 Å². The number of benzene rings is 11. The summed E-state index contributed by atoms with van der Waals surface area (Å²) in [7, 11) is 0. The Hall–Kier alpha value is -8.46. The molecule has 0 aliphatic carbocycles. The SMILES string of the molecule is c1ccc(CCCCCCc2cccc(-c3ccc4c(c3)c3c5c6cccc7cccc(c76)n6c7ccc(-c8cccc(CCCCCCc9ccccc9)c8)cc7c(c7c8cccc9cccc(c98)n4c73)c56)c2)cc1. The molecule has 0 spiro atoms. The van der Waals surface area contributed by atoms with E-state index in [0.717, 1.165) is 12.8 Å². The fourth-order valence-electron chi connectivity index (χ4n) is 13.7. The summed E-state index contributed by atoms with van der Waals surface area (Å²) in [5, 5.41) is 15.8. The molecule has 0 radical (unpaired) electrons. The van der Waals surface area contributed by atoms with E-state index in [1.807, 2.05) is 0 Å². The van der Waals surface area contributed by atoms with Crippen LogP contribution in [0.15, 0.2) is 218 Å². The van der Waals surface area contributed by atoms with Crippen molar-refractivity contribution in [3.8, 4) is 22.3 Å². The monoisotopic (exact) mass is 976 g/mol. The molecule has 15 rings (SSSR count). The first kappa shape index (κ1) is 45.0. The molecule has 0 aliphatic heterocycles. The highest BCUT2D eigenvalue weighted by atomic mass is 14.9. The second-order valence-corrected chi connectivity index (χ2v) is 21.9. The fourth-order valence-corrected chi connectivity index (χ4v) is 13.7. The average Bonchev–Trinajstić information content (AvgIpc) is 4.15. The first-order valence-corrected chi connectivity index (χ1v) is 28.2. The third-order valence-electron chi connectivity index (χ3n) is 17.3. The lowest BCUT2D eigenvalue weighted by atomic mass is 9.91. The molecule has 0 fully saturated rings. The van der Waals surface area contributed by atoms with E-state index in [-0.39, 0.29) is 0 Å². The van der Waals surface area contributed by atoms with E-state index in [2.05, 4.69) is 227 Å². The van der Waals surface area contributed by atoms with Gasteiger partial charge in [-0.2, -0.15) is 0 Å². The minimum Gasteiger partial charge on any atom is -0.308 e. The quantitative estimate of drug-likeness (QED) is 0.0518. The third kappa shape index (κ3) is 7.44. The Bertz CT molecular complexity index is 4320. The van der Waals surface area contributed by atoms with Crippen LogP contribution in [0.25, 0.3) is 120 Å². The maximum Gasteiger partial charge on any atom is 0.0634 e. The highest BCUT2D eigenvalue weighted by molar-refractivity contribution is 6.46. The van der Waals surface area contributed by atoms with Crippen LogP contribution in [0.2, 0.25) is 0 Å². The maximum absolute atomic E-state index is 2.64. The smallest absolute Gasteiger partial charge is 0.0634 e. The predicted octanol–water partition coefficient (Wildman–Crippen LogP) is 20.3. The molecule has 0 saturated carbocycles. The molecule has 0 unspecified atom stereocenters. The molecule has 366 valence electrons. The predicted molar refractivity (Wildman–Crippen MR) is 326 cm³/mol. The zero-order valence-electron chi connectivity index (χ0n) is 43.2. The highest BCUT2D eigenvalue weighted by Gasteiger charge is 2.28. The van der Waals surface area contributed by atoms with E-state index < -0.39 is 0 Å². The fraction of sp³-hybridized carbons (Fsp3) is 0.162. The van der Waals surface area contributed by atoms with Gasteiger partial charge in [0.2, 0.25) is 0 Å². The van der Waals surface area contributed by atoms with Crippen LogP contribution in [-0.4, -0.2) is 8.80 Å². The molecule has 15 aromatic rings. The van der Waals surface area contributed by atoms with E-state index in [1.54, 1.807) is 0 Å². The summed E-state index contributed by atoms with van der Waals surface area (Å²) >= 11 is 0. The Labute approximate surface area is 444 Å². The molecular weight excluding hydrogens is 917 g/mol. The van der Waals surface area contributed by atoms with Crippen molar-refractivity contribution >= 4 is 97.7 Å². The van der Waals surface area contributed by atoms with Crippen molar-refractivity contribution in [3.63, 3.8) is 0 Å². The van der Waals surface area contributed by atoms with Gasteiger partial charge in [-0.1, -0.05) is 208 Å². The molecule has 0 N–H and O–H groups in total. The second kappa shape index (κ2) is 18.7. The van der Waals surface area contributed by atoms with Gasteiger partial charge in [0, 0.05) is 43.1 Å². The van der Waals surface area contributed by atoms with Gasteiger partial charge in [0.05, 0.1) is 33.1 Å². The summed E-state index contributed by atoms with van der Waals surface area (Å²) in [5.74, 6) is 0. The number of hydrogen-bond acceptors (Lipinski definition) is 0. The first-order valence-electron chi connectivity index (χ1n) is 28.2. The zero-order chi connectivity index (χ0) is 50.1. The van der Waals surface area contributed by atoms with E-state index >= 15 is 0 Å². The Balaban J connectivity index is 0.897. The average molecular weight is 977 g/mol. The molecule has 4 aromatic heterocycles. The van der Waals surface area contributed by atoms with Crippen LogP contribution in [0.4, 0.5) is 0 Å². The van der Waals surface area contributed by atoms with E-state index in [9.17, 15) is 0 Å². The van der Waals surface area contributed by atoms with Gasteiger partial charge in [-0.25, -0.2) is 0 Å². The molecule has 0 amide bonds. The van der Waals surface area contributed by atoms with Crippen LogP contribution in [0.1, 0.15) is 73.6 Å². The minimum atomic E-state index is 1.10. The van der Waals surface area contributed by atoms with Crippen LogP contribution in [0, 0.1) is 0 Å². The van der Waals surface area contributed by atoms with Gasteiger partial charge < -0.3 is 8.80 Å². The van der Waals surface area contributed by atoms with Gasteiger partial charge >= 0.3 is 0 Å². The molecule has 0 atom stereocenters. The summed E-state index contributed by atoms with van der Waals surface area (Å²) in [4.78, 5) is 0. The number of aromatic nitrogens is 2. The van der Waals surface area contributed by atoms with Crippen molar-refractivity contribution in [2.24, 2.45) is 0 Å². The largest absolute Gasteiger partial charge is 0.308 e. The van der Waals surface area contributed by atoms with Crippen LogP contribution < -0.4 is 0 Å². The molecular formula is C74H60N2. The van der Waals surface area contributed by atoms with Crippen molar-refractivity contribution in [1.82, 2.24) is 8.80 Å². The number of aryl methyl sites for hydroxylation is 4. The number of pyridine rings is 2. The Morgan fingerprint density at radius 2 is 0.579 bits per heavy atom. The van der Waals surface area contributed by atoms with Crippen molar-refractivity contribution in [2.75, 3.05) is 0 Å². The Morgan fingerprint density at radius 3 is 1.01 bits per heavy atom. The van der Waals surface area contributed by atoms with Crippen LogP contribution in [0.5, 0.6) is 0 Å². The first-order chi connectivity index (χ1) is 37.7. The number of rotatable bonds is 16. The minimum absolute atomic E-state index is 1.10. The molecule has 76 heavy (non-hydrogen) atoms. The van der Waals surface area contributed by atoms with E-state index in [1.165, 1.54) is 206 Å². The lowest BCUT2D eigenvalue weighted by Crippen LogP contribution is -1.96. The molecule has 4 heterocycles. The second-order valence-electron chi connectivity index (χ2n) is 21.9. The van der Waals surface area contributed by atoms with Crippen LogP contribution in [-0.2, 0) is 25.7 Å². The van der Waals surface area contributed by atoms with Gasteiger partial charge in [-0.3, -0.25) is 0 Å². The molecule has 0 aliphatic rings. The maximum atomic E-state index is 2.64. The van der Waals surface area contributed by atoms with Gasteiger partial charge in [-0.05, 0) is 154 Å². The summed E-state index contributed by atoms with van der Waals surface area (Å²) in [6, 6.07) is 83.2. The zero-order valence-corrected chi connectivity index (χ0v) is 43.2. The molecule has 2 nitrogen and oxygen atoms in total. The van der Waals surface area contributed by atoms with Crippen molar-refractivity contribution < 1.29 is 0 Å². The normalized spacial score (nSPS) is 12.3. The van der Waals surface area contributed by atoms with Gasteiger partial charge in [0.25, 0.3) is 0 Å². The third-order valence-corrected chi connectivity index (χ3v) is 17.3. The molecule has 0 saturated heterocycles. The van der Waals surface area contributed by atoms with E-state index in [4.69, 9.17) is 0 Å². The highest BCUT2D eigenvalue weighted by Crippen LogP contribution is 2.52. The summed E-state index contributed by atoms with van der Waals surface area (Å²) < 4.78 is 5.28. The summed E-state index contributed by atoms with van der Waals surface area (Å²) in [5.41, 5.74) is 18.5. The Kier molecular flexibility index (Phi) is 11.1. The number of fused-ring (bicyclic) bond motifs is 12. The van der Waals surface area contributed by atoms with E-state index in [0.29, 0.717) is 0 Å². The number of hydrogen-bond donors (Lipinski definition) is 0. The summed E-state index contributed by atoms with van der Waals surface area (Å²) in [6.07, 6.45) is 14.5. The molecule has 11 aromatic carbocycles. The Morgan fingerprint density at radius 1 is 0.224 bits per heavy atom. The van der Waals surface area contributed by atoms with Gasteiger partial charge in [0.1, 0.15) is 0 Å². The van der Waals surface area contributed by atoms with Gasteiger partial charge in [-0.15, -0.1) is 0 Å². The molecule has 2 heteroatoms. The lowest BCUT2D eigenvalue weighted by molar-refractivity contribution is 0.640. The number of unbranched alkanes of at least 4 members (excludes halogenated alkanes) is 6. The molecule has 0 bridgehead atoms.